The molecule has 0 saturated heterocycles. The second kappa shape index (κ2) is 9.38. The van der Waals surface area contributed by atoms with E-state index in [-0.39, 0.29) is 22.8 Å². The number of benzene rings is 1. The molecule has 1 aliphatic rings. The van der Waals surface area contributed by atoms with E-state index in [1.807, 2.05) is 0 Å². The first-order chi connectivity index (χ1) is 15.6. The Balaban J connectivity index is 1.42. The Bertz CT molecular complexity index is 1250. The summed E-state index contributed by atoms with van der Waals surface area (Å²) in [6.45, 7) is 0. The summed E-state index contributed by atoms with van der Waals surface area (Å²) in [7, 11) is 3.29. The van der Waals surface area contributed by atoms with Crippen LogP contribution in [-0.2, 0) is 29.6 Å². The van der Waals surface area contributed by atoms with Gasteiger partial charge in [-0.1, -0.05) is 0 Å². The molecule has 33 heavy (non-hydrogen) atoms. The number of alkyl halides is 3. The lowest BCUT2D eigenvalue weighted by atomic mass is 9.97. The van der Waals surface area contributed by atoms with Gasteiger partial charge >= 0.3 is 6.18 Å². The number of H-pyrrole nitrogens is 1. The third-order valence-electron chi connectivity index (χ3n) is 5.45. The van der Waals surface area contributed by atoms with Crippen molar-refractivity contribution < 1.29 is 18.0 Å². The molecule has 3 aromatic rings. The summed E-state index contributed by atoms with van der Waals surface area (Å²) in [5.41, 5.74) is 0.140. The van der Waals surface area contributed by atoms with Crippen LogP contribution in [0.2, 0.25) is 0 Å². The van der Waals surface area contributed by atoms with Crippen LogP contribution in [0.3, 0.4) is 0 Å². The molecule has 0 atom stereocenters. The van der Waals surface area contributed by atoms with Crippen molar-refractivity contribution in [1.82, 2.24) is 9.97 Å². The average molecular weight is 497 g/mol. The molecular weight excluding hydrogens is 473 g/mol. The number of aryl methyl sites for hydroxylation is 2. The lowest BCUT2D eigenvalue weighted by Gasteiger charge is -2.18. The highest BCUT2D eigenvalue weighted by atomic mass is 32.2. The van der Waals surface area contributed by atoms with Crippen molar-refractivity contribution in [3.8, 4) is 0 Å². The number of anilines is 2. The number of nitrogens with one attached hydrogen (secondary N) is 2. The van der Waals surface area contributed by atoms with Crippen LogP contribution >= 0.6 is 23.1 Å². The Morgan fingerprint density at radius 1 is 1.27 bits per heavy atom. The molecule has 2 N–H and O–H groups in total. The fourth-order valence-electron chi connectivity index (χ4n) is 3.86. The van der Waals surface area contributed by atoms with Gasteiger partial charge in [-0.3, -0.25) is 9.59 Å². The van der Waals surface area contributed by atoms with E-state index in [1.165, 1.54) is 28.8 Å². The number of amides is 1. The van der Waals surface area contributed by atoms with E-state index < -0.39 is 17.6 Å². The second-order valence-electron chi connectivity index (χ2n) is 8.07. The minimum Gasteiger partial charge on any atom is -0.378 e. The van der Waals surface area contributed by atoms with Crippen molar-refractivity contribution in [1.29, 1.82) is 0 Å². The molecule has 11 heteroatoms. The lowest BCUT2D eigenvalue weighted by Crippen LogP contribution is -2.19. The fourth-order valence-corrected chi connectivity index (χ4v) is 5.83. The van der Waals surface area contributed by atoms with E-state index in [0.717, 1.165) is 37.3 Å². The van der Waals surface area contributed by atoms with Crippen molar-refractivity contribution in [2.45, 2.75) is 37.6 Å². The number of thioether (sulfide) groups is 1. The van der Waals surface area contributed by atoms with Crippen molar-refractivity contribution in [2.24, 2.45) is 0 Å². The van der Waals surface area contributed by atoms with E-state index >= 15 is 0 Å². The van der Waals surface area contributed by atoms with Gasteiger partial charge < -0.3 is 15.2 Å². The Hall–Kier alpha value is -2.53. The zero-order valence-electron chi connectivity index (χ0n) is 18.1. The number of aromatic amines is 1. The summed E-state index contributed by atoms with van der Waals surface area (Å²) in [6.07, 6.45) is -0.553. The molecule has 0 fully saturated rings. The van der Waals surface area contributed by atoms with Crippen molar-refractivity contribution in [3.05, 3.63) is 50.4 Å². The molecule has 1 aromatic carbocycles. The molecule has 6 nitrogen and oxygen atoms in total. The number of nitrogens with zero attached hydrogens (tertiary/aromatic N) is 2. The van der Waals surface area contributed by atoms with Crippen LogP contribution < -0.4 is 15.8 Å². The number of hydrogen-bond acceptors (Lipinski definition) is 6. The first kappa shape index (κ1) is 23.6. The number of hydrogen-bond donors (Lipinski definition) is 2. The van der Waals surface area contributed by atoms with Gasteiger partial charge in [-0.2, -0.15) is 13.2 Å². The van der Waals surface area contributed by atoms with E-state index in [4.69, 9.17) is 0 Å². The summed E-state index contributed by atoms with van der Waals surface area (Å²) < 4.78 is 40.4. The van der Waals surface area contributed by atoms with Gasteiger partial charge in [0.1, 0.15) is 10.7 Å². The fraction of sp³-hybridized carbons (Fsp3) is 0.409. The molecule has 4 rings (SSSR count). The summed E-state index contributed by atoms with van der Waals surface area (Å²) in [6, 6.07) is 3.78. The molecular formula is C22H23F3N4O2S2. The smallest absolute Gasteiger partial charge is 0.378 e. The zero-order chi connectivity index (χ0) is 23.8. The third kappa shape index (κ3) is 5.19. The Morgan fingerprint density at radius 3 is 2.76 bits per heavy atom. The highest BCUT2D eigenvalue weighted by Gasteiger charge is 2.34. The number of fused-ring (bicyclic) bond motifs is 3. The number of thiophene rings is 1. The maximum absolute atomic E-state index is 13.5. The quantitative estimate of drug-likeness (QED) is 0.512. The third-order valence-corrected chi connectivity index (χ3v) is 7.57. The average Bonchev–Trinajstić information content (AvgIpc) is 3.12. The van der Waals surface area contributed by atoms with E-state index in [0.29, 0.717) is 21.7 Å². The van der Waals surface area contributed by atoms with Gasteiger partial charge in [-0.25, -0.2) is 4.98 Å². The van der Waals surface area contributed by atoms with E-state index in [1.54, 1.807) is 30.3 Å². The normalized spacial score (nSPS) is 13.7. The van der Waals surface area contributed by atoms with Gasteiger partial charge in [0.2, 0.25) is 5.91 Å². The Kier molecular flexibility index (Phi) is 6.71. The summed E-state index contributed by atoms with van der Waals surface area (Å²) in [4.78, 5) is 35.7. The van der Waals surface area contributed by atoms with Crippen molar-refractivity contribution in [3.63, 3.8) is 0 Å². The molecule has 1 aliphatic carbocycles. The number of carbonyl (C=O) groups excluding carboxylic acids is 1. The molecule has 0 spiro atoms. The molecule has 0 aliphatic heterocycles. The van der Waals surface area contributed by atoms with Crippen molar-refractivity contribution in [2.75, 3.05) is 30.1 Å². The van der Waals surface area contributed by atoms with Gasteiger partial charge in [-0.05, 0) is 49.4 Å². The van der Waals surface area contributed by atoms with Gasteiger partial charge in [-0.15, -0.1) is 23.1 Å². The number of aromatic nitrogens is 2. The predicted molar refractivity (Wildman–Crippen MR) is 127 cm³/mol. The maximum Gasteiger partial charge on any atom is 0.418 e. The number of carbonyl (C=O) groups is 1. The lowest BCUT2D eigenvalue weighted by molar-refractivity contribution is -0.136. The first-order valence-electron chi connectivity index (χ1n) is 10.4. The molecule has 0 saturated carbocycles. The monoisotopic (exact) mass is 496 g/mol. The summed E-state index contributed by atoms with van der Waals surface area (Å²) in [5, 5.41) is 3.02. The van der Waals surface area contributed by atoms with Gasteiger partial charge in [0.05, 0.1) is 28.1 Å². The minimum absolute atomic E-state index is 0.0740. The highest BCUT2D eigenvalue weighted by Crippen LogP contribution is 2.37. The van der Waals surface area contributed by atoms with Crippen molar-refractivity contribution >= 4 is 50.6 Å². The summed E-state index contributed by atoms with van der Waals surface area (Å²) in [5.74, 6) is 0.0933. The molecule has 0 unspecified atom stereocenters. The van der Waals surface area contributed by atoms with Crippen LogP contribution in [0.4, 0.5) is 24.5 Å². The molecule has 0 radical (unpaired) electrons. The largest absolute Gasteiger partial charge is 0.418 e. The molecule has 2 aromatic heterocycles. The minimum atomic E-state index is -4.60. The van der Waals surface area contributed by atoms with Gasteiger partial charge in [0.25, 0.3) is 5.56 Å². The molecule has 176 valence electrons. The van der Waals surface area contributed by atoms with Crippen LogP contribution in [0.15, 0.2) is 23.0 Å². The molecule has 1 amide bonds. The Morgan fingerprint density at radius 2 is 2.03 bits per heavy atom. The first-order valence-corrected chi connectivity index (χ1v) is 12.4. The number of rotatable bonds is 6. The van der Waals surface area contributed by atoms with Gasteiger partial charge in [0.15, 0.2) is 0 Å². The SMILES string of the molecule is CN(C)c1ccc(NC(=O)CSCc2nc3sc4c(c3c(=O)[nH]2)CCCC4)c(C(F)(F)F)c1. The van der Waals surface area contributed by atoms with Crippen LogP contribution in [0.1, 0.15) is 34.7 Å². The van der Waals surface area contributed by atoms with Crippen LogP contribution in [0.5, 0.6) is 0 Å². The van der Waals surface area contributed by atoms with Crippen LogP contribution in [0.25, 0.3) is 10.2 Å². The van der Waals surface area contributed by atoms with Crippen LogP contribution in [-0.4, -0.2) is 35.7 Å². The van der Waals surface area contributed by atoms with Crippen LogP contribution in [0, 0.1) is 0 Å². The molecule has 2 heterocycles. The standard InChI is InChI=1S/C22H23F3N4O2S2/c1-29(2)12-7-8-15(14(9-12)22(23,24)25)26-18(30)11-32-10-17-27-20(31)19-13-5-3-4-6-16(13)33-21(19)28-17/h7-9H,3-6,10-11H2,1-2H3,(H,26,30)(H,27,28,31). The predicted octanol–water partition coefficient (Wildman–Crippen LogP) is 4.82. The second-order valence-corrected chi connectivity index (χ2v) is 10.1. The topological polar surface area (TPSA) is 78.1 Å². The zero-order valence-corrected chi connectivity index (χ0v) is 19.8. The molecule has 0 bridgehead atoms. The van der Waals surface area contributed by atoms with E-state index in [9.17, 15) is 22.8 Å². The van der Waals surface area contributed by atoms with E-state index in [2.05, 4.69) is 15.3 Å². The van der Waals surface area contributed by atoms with Gasteiger partial charge in [0, 0.05) is 24.7 Å². The Labute approximate surface area is 196 Å². The maximum atomic E-state index is 13.5. The highest BCUT2D eigenvalue weighted by molar-refractivity contribution is 7.99. The summed E-state index contributed by atoms with van der Waals surface area (Å²) >= 11 is 2.72. The number of halogens is 3.